The van der Waals surface area contributed by atoms with E-state index in [1.807, 2.05) is 12.4 Å². The molecule has 5 heteroatoms. The van der Waals surface area contributed by atoms with Crippen LogP contribution in [0, 0.1) is 0 Å². The normalized spacial score (nSPS) is 21.1. The number of methoxy groups -OCH3 is 1. The van der Waals surface area contributed by atoms with Gasteiger partial charge < -0.3 is 19.4 Å². The molecular weight excluding hydrogens is 230 g/mol. The second kappa shape index (κ2) is 6.75. The first-order valence-electron chi connectivity index (χ1n) is 6.69. The number of rotatable bonds is 7. The highest BCUT2D eigenvalue weighted by atomic mass is 16.5. The molecule has 0 aliphatic carbocycles. The summed E-state index contributed by atoms with van der Waals surface area (Å²) >= 11 is 0. The summed E-state index contributed by atoms with van der Waals surface area (Å²) in [6.45, 7) is 4.75. The molecule has 1 aromatic heterocycles. The summed E-state index contributed by atoms with van der Waals surface area (Å²) in [4.78, 5) is 4.36. The van der Waals surface area contributed by atoms with E-state index in [9.17, 15) is 0 Å². The first-order chi connectivity index (χ1) is 8.81. The van der Waals surface area contributed by atoms with E-state index >= 15 is 0 Å². The molecule has 2 unspecified atom stereocenters. The van der Waals surface area contributed by atoms with Gasteiger partial charge in [-0.2, -0.15) is 0 Å². The zero-order valence-electron chi connectivity index (χ0n) is 11.3. The molecule has 2 atom stereocenters. The third-order valence-electron chi connectivity index (χ3n) is 3.34. The van der Waals surface area contributed by atoms with E-state index in [0.717, 1.165) is 38.5 Å². The fourth-order valence-electron chi connectivity index (χ4n) is 2.30. The topological polar surface area (TPSA) is 48.3 Å². The van der Waals surface area contributed by atoms with E-state index < -0.39 is 0 Å². The lowest BCUT2D eigenvalue weighted by Gasteiger charge is -2.21. The van der Waals surface area contributed by atoms with Crippen LogP contribution >= 0.6 is 0 Å². The average molecular weight is 253 g/mol. The summed E-state index contributed by atoms with van der Waals surface area (Å²) in [5.41, 5.74) is 0. The number of aromatic nitrogens is 2. The van der Waals surface area contributed by atoms with Crippen molar-refractivity contribution in [3.8, 4) is 0 Å². The van der Waals surface area contributed by atoms with Gasteiger partial charge in [0.15, 0.2) is 0 Å². The Hall–Kier alpha value is -1.07. The lowest BCUT2D eigenvalue weighted by Crippen LogP contribution is -2.31. The Balaban J connectivity index is 1.86. The summed E-state index contributed by atoms with van der Waals surface area (Å²) in [6, 6.07) is 0.302. The van der Waals surface area contributed by atoms with E-state index in [-0.39, 0.29) is 0 Å². The second-order valence-electron chi connectivity index (χ2n) is 4.78. The Kier molecular flexibility index (Phi) is 5.01. The van der Waals surface area contributed by atoms with Gasteiger partial charge in [0.05, 0.1) is 12.1 Å². The smallest absolute Gasteiger partial charge is 0.203 e. The predicted molar refractivity (Wildman–Crippen MR) is 70.8 cm³/mol. The van der Waals surface area contributed by atoms with E-state index in [2.05, 4.69) is 21.8 Å². The minimum Gasteiger partial charge on any atom is -0.385 e. The molecule has 18 heavy (non-hydrogen) atoms. The van der Waals surface area contributed by atoms with Crippen LogP contribution in [0.15, 0.2) is 12.4 Å². The Morgan fingerprint density at radius 2 is 2.56 bits per heavy atom. The molecule has 102 valence electrons. The Morgan fingerprint density at radius 1 is 1.67 bits per heavy atom. The van der Waals surface area contributed by atoms with Crippen LogP contribution in [0.4, 0.5) is 5.95 Å². The lowest BCUT2D eigenvalue weighted by molar-refractivity contribution is 0.0993. The predicted octanol–water partition coefficient (Wildman–Crippen LogP) is 1.90. The van der Waals surface area contributed by atoms with Crippen molar-refractivity contribution in [1.29, 1.82) is 0 Å². The van der Waals surface area contributed by atoms with Crippen molar-refractivity contribution in [3.63, 3.8) is 0 Å². The summed E-state index contributed by atoms with van der Waals surface area (Å²) < 4.78 is 12.9. The standard InChI is InChI=1S/C13H23N3O2/c1-11(12-5-3-10-18-12)15-13-14-6-8-16(13)7-4-9-17-2/h6,8,11-12H,3-5,7,9-10H2,1-2H3,(H,14,15). The molecule has 0 radical (unpaired) electrons. The van der Waals surface area contributed by atoms with Gasteiger partial charge in [0.2, 0.25) is 5.95 Å². The molecule has 2 rings (SSSR count). The van der Waals surface area contributed by atoms with Gasteiger partial charge in [0.25, 0.3) is 0 Å². The van der Waals surface area contributed by atoms with Crippen molar-refractivity contribution in [2.75, 3.05) is 25.6 Å². The molecule has 1 fully saturated rings. The summed E-state index contributed by atoms with van der Waals surface area (Å²) in [7, 11) is 1.73. The number of imidazole rings is 1. The Bertz CT molecular complexity index is 348. The molecule has 0 bridgehead atoms. The van der Waals surface area contributed by atoms with Crippen LogP contribution in [0.25, 0.3) is 0 Å². The van der Waals surface area contributed by atoms with Gasteiger partial charge in [0, 0.05) is 39.3 Å². The molecule has 1 N–H and O–H groups in total. The highest BCUT2D eigenvalue weighted by molar-refractivity contribution is 5.27. The molecule has 2 heterocycles. The molecule has 1 aromatic rings. The van der Waals surface area contributed by atoms with Crippen molar-refractivity contribution in [3.05, 3.63) is 12.4 Å². The number of nitrogens with one attached hydrogen (secondary N) is 1. The molecule has 1 aliphatic heterocycles. The molecule has 1 aliphatic rings. The van der Waals surface area contributed by atoms with Crippen molar-refractivity contribution in [2.24, 2.45) is 0 Å². The van der Waals surface area contributed by atoms with E-state index in [0.29, 0.717) is 12.1 Å². The van der Waals surface area contributed by atoms with Crippen LogP contribution in [-0.2, 0) is 16.0 Å². The van der Waals surface area contributed by atoms with Crippen LogP contribution in [0.5, 0.6) is 0 Å². The maximum atomic E-state index is 5.68. The number of ether oxygens (including phenoxy) is 2. The SMILES string of the molecule is COCCCn1ccnc1NC(C)C1CCCO1. The third kappa shape index (κ3) is 3.46. The number of hydrogen-bond acceptors (Lipinski definition) is 4. The monoisotopic (exact) mass is 253 g/mol. The largest absolute Gasteiger partial charge is 0.385 e. The first kappa shape index (κ1) is 13.4. The van der Waals surface area contributed by atoms with Gasteiger partial charge in [-0.05, 0) is 26.2 Å². The van der Waals surface area contributed by atoms with Crippen molar-refractivity contribution < 1.29 is 9.47 Å². The van der Waals surface area contributed by atoms with Gasteiger partial charge >= 0.3 is 0 Å². The number of anilines is 1. The van der Waals surface area contributed by atoms with Crippen LogP contribution in [-0.4, -0.2) is 42.0 Å². The maximum absolute atomic E-state index is 5.68. The molecule has 0 spiro atoms. The Morgan fingerprint density at radius 3 is 3.28 bits per heavy atom. The zero-order valence-corrected chi connectivity index (χ0v) is 11.3. The quantitative estimate of drug-likeness (QED) is 0.754. The first-order valence-corrected chi connectivity index (χ1v) is 6.69. The zero-order chi connectivity index (χ0) is 12.8. The van der Waals surface area contributed by atoms with Crippen LogP contribution in [0.2, 0.25) is 0 Å². The maximum Gasteiger partial charge on any atom is 0.203 e. The van der Waals surface area contributed by atoms with E-state index in [1.165, 1.54) is 6.42 Å². The average Bonchev–Trinajstić information content (AvgIpc) is 3.01. The van der Waals surface area contributed by atoms with E-state index in [1.54, 1.807) is 7.11 Å². The van der Waals surface area contributed by atoms with Crippen molar-refractivity contribution >= 4 is 5.95 Å². The summed E-state index contributed by atoms with van der Waals surface area (Å²) in [5, 5.41) is 3.45. The number of nitrogens with zero attached hydrogens (tertiary/aromatic N) is 2. The van der Waals surface area contributed by atoms with Gasteiger partial charge in [0.1, 0.15) is 0 Å². The number of aryl methyl sites for hydroxylation is 1. The molecule has 0 aromatic carbocycles. The lowest BCUT2D eigenvalue weighted by atomic mass is 10.1. The summed E-state index contributed by atoms with van der Waals surface area (Å²) in [5.74, 6) is 0.925. The van der Waals surface area contributed by atoms with Gasteiger partial charge in [-0.25, -0.2) is 4.98 Å². The van der Waals surface area contributed by atoms with Crippen molar-refractivity contribution in [1.82, 2.24) is 9.55 Å². The third-order valence-corrected chi connectivity index (χ3v) is 3.34. The molecular formula is C13H23N3O2. The van der Waals surface area contributed by atoms with Crippen LogP contribution in [0.1, 0.15) is 26.2 Å². The molecule has 5 nitrogen and oxygen atoms in total. The minimum absolute atomic E-state index is 0.302. The minimum atomic E-state index is 0.302. The fraction of sp³-hybridized carbons (Fsp3) is 0.769. The molecule has 1 saturated heterocycles. The van der Waals surface area contributed by atoms with Gasteiger partial charge in [-0.15, -0.1) is 0 Å². The highest BCUT2D eigenvalue weighted by Gasteiger charge is 2.23. The second-order valence-corrected chi connectivity index (χ2v) is 4.78. The van der Waals surface area contributed by atoms with Crippen LogP contribution < -0.4 is 5.32 Å². The Labute approximate surface area is 108 Å². The van der Waals surface area contributed by atoms with Crippen molar-refractivity contribution in [2.45, 2.75) is 44.9 Å². The molecule has 0 amide bonds. The van der Waals surface area contributed by atoms with E-state index in [4.69, 9.17) is 9.47 Å². The number of hydrogen-bond donors (Lipinski definition) is 1. The highest BCUT2D eigenvalue weighted by Crippen LogP contribution is 2.18. The fourth-order valence-corrected chi connectivity index (χ4v) is 2.30. The molecule has 0 saturated carbocycles. The van der Waals surface area contributed by atoms with Gasteiger partial charge in [-0.1, -0.05) is 0 Å². The van der Waals surface area contributed by atoms with Gasteiger partial charge in [-0.3, -0.25) is 0 Å². The van der Waals surface area contributed by atoms with Crippen LogP contribution in [0.3, 0.4) is 0 Å². The summed E-state index contributed by atoms with van der Waals surface area (Å²) in [6.07, 6.45) is 7.44.